The van der Waals surface area contributed by atoms with Gasteiger partial charge in [-0.2, -0.15) is 0 Å². The lowest BCUT2D eigenvalue weighted by atomic mass is 9.99. The number of nitrogens with one attached hydrogen (secondary N) is 1. The van der Waals surface area contributed by atoms with Gasteiger partial charge in [0.25, 0.3) is 0 Å². The van der Waals surface area contributed by atoms with Crippen LogP contribution in [-0.4, -0.2) is 75.6 Å². The Hall–Kier alpha value is -0.770. The Morgan fingerprint density at radius 3 is 2.00 bits per heavy atom. The Balaban J connectivity index is 1.59. The van der Waals surface area contributed by atoms with Gasteiger partial charge in [0, 0.05) is 38.5 Å². The average Bonchev–Trinajstić information content (AvgIpc) is 3.57. The molecule has 0 aromatic heterocycles. The van der Waals surface area contributed by atoms with Crippen LogP contribution >= 0.6 is 0 Å². The van der Waals surface area contributed by atoms with Crippen molar-refractivity contribution in [1.29, 1.82) is 0 Å². The van der Waals surface area contributed by atoms with Gasteiger partial charge in [-0.05, 0) is 19.3 Å². The van der Waals surface area contributed by atoms with Crippen LogP contribution in [0.5, 0.6) is 0 Å². The lowest BCUT2D eigenvalue weighted by Gasteiger charge is -2.40. The summed E-state index contributed by atoms with van der Waals surface area (Å²) in [6.07, 6.45) is 17.1. The molecule has 2 saturated heterocycles. The summed E-state index contributed by atoms with van der Waals surface area (Å²) in [4.78, 5) is 12.3. The molecule has 5 unspecified atom stereocenters. The molecular weight excluding hydrogens is 508 g/mol. The van der Waals surface area contributed by atoms with E-state index in [4.69, 9.17) is 29.4 Å². The van der Waals surface area contributed by atoms with E-state index in [-0.39, 0.29) is 30.1 Å². The number of unbranched alkanes of at least 4 members (excludes halogenated alkanes) is 12. The van der Waals surface area contributed by atoms with Gasteiger partial charge in [0.15, 0.2) is 6.29 Å². The second kappa shape index (κ2) is 18.7. The Labute approximate surface area is 244 Å². The maximum Gasteiger partial charge on any atom is 0.217 e. The second-order valence-corrected chi connectivity index (χ2v) is 12.3. The highest BCUT2D eigenvalue weighted by atomic mass is 16.7. The summed E-state index contributed by atoms with van der Waals surface area (Å²) in [5, 5.41) is 3.13. The van der Waals surface area contributed by atoms with Crippen molar-refractivity contribution in [1.82, 2.24) is 5.32 Å². The van der Waals surface area contributed by atoms with Crippen molar-refractivity contribution in [2.24, 2.45) is 17.6 Å². The summed E-state index contributed by atoms with van der Waals surface area (Å²) in [5.74, 6) is 0.404. The van der Waals surface area contributed by atoms with Gasteiger partial charge < -0.3 is 34.7 Å². The van der Waals surface area contributed by atoms with Crippen LogP contribution in [0.15, 0.2) is 0 Å². The third-order valence-corrected chi connectivity index (χ3v) is 8.91. The predicted octanol–water partition coefficient (Wildman–Crippen LogP) is 5.50. The Morgan fingerprint density at radius 1 is 0.850 bits per heavy atom. The number of hydrogen-bond acceptors (Lipinski definition) is 7. The number of nitrogens with two attached hydrogens (primary N) is 1. The van der Waals surface area contributed by atoms with Crippen LogP contribution in [-0.2, 0) is 28.5 Å². The first-order chi connectivity index (χ1) is 19.6. The number of carbonyl (C=O) groups excluding carboxylic acids is 1. The Morgan fingerprint density at radius 2 is 1.45 bits per heavy atom. The summed E-state index contributed by atoms with van der Waals surface area (Å²) in [7, 11) is 0. The van der Waals surface area contributed by atoms with Gasteiger partial charge in [-0.25, -0.2) is 0 Å². The zero-order valence-corrected chi connectivity index (χ0v) is 25.8. The van der Waals surface area contributed by atoms with E-state index >= 15 is 0 Å². The number of rotatable bonds is 24. The lowest BCUT2D eigenvalue weighted by Crippen LogP contribution is -2.58. The fourth-order valence-electron chi connectivity index (χ4n) is 6.43. The van der Waals surface area contributed by atoms with Crippen LogP contribution < -0.4 is 11.1 Å². The van der Waals surface area contributed by atoms with Crippen molar-refractivity contribution < 1.29 is 28.5 Å². The molecule has 3 rings (SSSR count). The van der Waals surface area contributed by atoms with Gasteiger partial charge in [-0.1, -0.05) is 90.9 Å². The van der Waals surface area contributed by atoms with Crippen molar-refractivity contribution >= 4 is 5.91 Å². The molecule has 8 heteroatoms. The number of carbonyl (C=O) groups is 1. The molecule has 8 nitrogen and oxygen atoms in total. The van der Waals surface area contributed by atoms with E-state index in [0.717, 1.165) is 38.9 Å². The molecule has 0 aromatic carbocycles. The van der Waals surface area contributed by atoms with Crippen molar-refractivity contribution in [3.63, 3.8) is 0 Å². The first-order valence-electron chi connectivity index (χ1n) is 16.7. The molecule has 0 bridgehead atoms. The molecule has 1 aliphatic carbocycles. The van der Waals surface area contributed by atoms with Gasteiger partial charge in [-0.3, -0.25) is 4.79 Å². The highest BCUT2D eigenvalue weighted by Crippen LogP contribution is 2.58. The monoisotopic (exact) mass is 568 g/mol. The van der Waals surface area contributed by atoms with Crippen molar-refractivity contribution in [2.75, 3.05) is 39.6 Å². The molecule has 0 spiro atoms. The van der Waals surface area contributed by atoms with E-state index in [1.807, 2.05) is 0 Å². The molecular formula is C32H60N2O6. The molecule has 3 N–H and O–H groups in total. The molecule has 2 heterocycles. The third kappa shape index (κ3) is 9.91. The minimum Gasteiger partial charge on any atom is -0.381 e. The molecule has 234 valence electrons. The van der Waals surface area contributed by atoms with Gasteiger partial charge >= 0.3 is 0 Å². The van der Waals surface area contributed by atoms with Crippen LogP contribution in [0, 0.1) is 11.8 Å². The maximum absolute atomic E-state index is 12.3. The topological polar surface area (TPSA) is 101 Å². The van der Waals surface area contributed by atoms with E-state index in [1.165, 1.54) is 70.6 Å². The minimum absolute atomic E-state index is 0.0372. The van der Waals surface area contributed by atoms with E-state index in [1.54, 1.807) is 6.92 Å². The number of hydrogen-bond donors (Lipinski definition) is 2. The van der Waals surface area contributed by atoms with Crippen molar-refractivity contribution in [2.45, 2.75) is 147 Å². The van der Waals surface area contributed by atoms with Crippen molar-refractivity contribution in [3.8, 4) is 0 Å². The summed E-state index contributed by atoms with van der Waals surface area (Å²) >= 11 is 0. The average molecular weight is 569 g/mol. The fourth-order valence-corrected chi connectivity index (χ4v) is 6.43. The Bertz CT molecular complexity index is 692. The minimum atomic E-state index is -0.632. The summed E-state index contributed by atoms with van der Waals surface area (Å²) in [5.41, 5.74) is 5.66. The number of fused-ring (bicyclic) bond motifs is 1. The van der Waals surface area contributed by atoms with Gasteiger partial charge in [0.05, 0.1) is 32.0 Å². The molecule has 40 heavy (non-hydrogen) atoms. The molecule has 0 aromatic rings. The van der Waals surface area contributed by atoms with E-state index in [2.05, 4.69) is 19.2 Å². The third-order valence-electron chi connectivity index (χ3n) is 8.91. The van der Waals surface area contributed by atoms with E-state index < -0.39 is 11.9 Å². The molecule has 6 atom stereocenters. The Kier molecular flexibility index (Phi) is 15.8. The molecule has 2 aliphatic heterocycles. The predicted molar refractivity (Wildman–Crippen MR) is 158 cm³/mol. The van der Waals surface area contributed by atoms with Gasteiger partial charge in [0.1, 0.15) is 11.7 Å². The molecule has 1 amide bonds. The zero-order chi connectivity index (χ0) is 28.6. The molecule has 3 aliphatic rings. The lowest BCUT2D eigenvalue weighted by molar-refractivity contribution is -0.248. The first kappa shape index (κ1) is 33.7. The number of amides is 1. The van der Waals surface area contributed by atoms with Crippen LogP contribution in [0.1, 0.15) is 117 Å². The summed E-state index contributed by atoms with van der Waals surface area (Å²) in [6.45, 7) is 9.87. The smallest absolute Gasteiger partial charge is 0.217 e. The van der Waals surface area contributed by atoms with Crippen LogP contribution in [0.3, 0.4) is 0 Å². The molecule has 1 saturated carbocycles. The van der Waals surface area contributed by atoms with Crippen LogP contribution in [0.25, 0.3) is 0 Å². The van der Waals surface area contributed by atoms with Gasteiger partial charge in [-0.15, -0.1) is 0 Å². The zero-order valence-electron chi connectivity index (χ0n) is 25.8. The SMILES string of the molecule is CCCCCCCCCOC1C2C(NC(C)=O)[C@@H](OCCC3COC3)OC(CN)C12OCCCCCCCCC. The van der Waals surface area contributed by atoms with E-state index in [9.17, 15) is 4.79 Å². The fraction of sp³-hybridized carbons (Fsp3) is 0.969. The maximum atomic E-state index is 12.3. The normalized spacial score (nSPS) is 29.6. The largest absolute Gasteiger partial charge is 0.381 e. The standard InChI is InChI=1S/C32H60N2O6/c1-4-6-8-10-12-14-16-19-37-30-28-29(34-25(3)35)31(38-21-18-26-23-36-24-26)40-27(22-33)32(28,30)39-20-17-15-13-11-9-7-5-2/h26-31H,4-24,33H2,1-3H3,(H,34,35)/t27?,28?,29?,30?,31-,32?/m0/s1. The molecule has 0 radical (unpaired) electrons. The van der Waals surface area contributed by atoms with Crippen LogP contribution in [0.4, 0.5) is 0 Å². The van der Waals surface area contributed by atoms with E-state index in [0.29, 0.717) is 32.3 Å². The quantitative estimate of drug-likeness (QED) is 0.148. The highest BCUT2D eigenvalue weighted by molar-refractivity contribution is 5.73. The highest BCUT2D eigenvalue weighted by Gasteiger charge is 2.77. The summed E-state index contributed by atoms with van der Waals surface area (Å²) < 4.78 is 31.2. The number of ether oxygens (including phenoxy) is 5. The van der Waals surface area contributed by atoms with Crippen molar-refractivity contribution in [3.05, 3.63) is 0 Å². The second-order valence-electron chi connectivity index (χ2n) is 12.3. The van der Waals surface area contributed by atoms with Gasteiger partial charge in [0.2, 0.25) is 5.91 Å². The first-order valence-corrected chi connectivity index (χ1v) is 16.7. The summed E-state index contributed by atoms with van der Waals surface area (Å²) in [6, 6.07) is -0.328. The molecule has 3 fully saturated rings. The van der Waals surface area contributed by atoms with Crippen LogP contribution in [0.2, 0.25) is 0 Å².